The smallest absolute Gasteiger partial charge is 0.283 e. The number of amides is 2. The zero-order valence-corrected chi connectivity index (χ0v) is 30.3. The summed E-state index contributed by atoms with van der Waals surface area (Å²) in [7, 11) is 3.61. The molecule has 1 aromatic carbocycles. The summed E-state index contributed by atoms with van der Waals surface area (Å²) in [4.78, 5) is 59.4. The lowest BCUT2D eigenvalue weighted by molar-refractivity contribution is -0.130. The number of piperazine rings is 1. The molecule has 51 heavy (non-hydrogen) atoms. The molecule has 3 aliphatic heterocycles. The van der Waals surface area contributed by atoms with Crippen LogP contribution in [0.1, 0.15) is 50.8 Å². The number of anilines is 2. The predicted octanol–water partition coefficient (Wildman–Crippen LogP) is 5.41. The van der Waals surface area contributed by atoms with Crippen LogP contribution in [0.15, 0.2) is 53.5 Å². The minimum absolute atomic E-state index is 0.0409. The summed E-state index contributed by atoms with van der Waals surface area (Å²) in [5.41, 5.74) is 1.86. The predicted molar refractivity (Wildman–Crippen MR) is 197 cm³/mol. The molecule has 2 amide bonds. The van der Waals surface area contributed by atoms with Crippen molar-refractivity contribution in [1.29, 1.82) is 0 Å². The third kappa shape index (κ3) is 5.65. The van der Waals surface area contributed by atoms with E-state index < -0.39 is 17.4 Å². The number of rotatable bonds is 5. The summed E-state index contributed by atoms with van der Waals surface area (Å²) in [6.45, 7) is 9.07. The van der Waals surface area contributed by atoms with Crippen LogP contribution in [0.4, 0.5) is 15.8 Å². The molecule has 3 atom stereocenters. The normalized spacial score (nSPS) is 20.9. The number of phenols is 1. The molecule has 2 fully saturated rings. The van der Waals surface area contributed by atoms with Crippen molar-refractivity contribution in [3.63, 3.8) is 0 Å². The molecule has 0 radical (unpaired) electrons. The number of carbonyl (C=O) groups excluding carboxylic acids is 2. The van der Waals surface area contributed by atoms with Crippen molar-refractivity contribution < 1.29 is 19.1 Å². The molecule has 6 heterocycles. The number of benzene rings is 1. The topological polar surface area (TPSA) is 115 Å². The van der Waals surface area contributed by atoms with Crippen molar-refractivity contribution >= 4 is 45.8 Å². The van der Waals surface area contributed by atoms with Crippen LogP contribution in [0.25, 0.3) is 28.0 Å². The molecule has 266 valence electrons. The van der Waals surface area contributed by atoms with Gasteiger partial charge >= 0.3 is 0 Å². The molecule has 13 heteroatoms. The lowest BCUT2D eigenvalue weighted by Gasteiger charge is -2.49. The second kappa shape index (κ2) is 13.1. The highest BCUT2D eigenvalue weighted by atomic mass is 35.5. The van der Waals surface area contributed by atoms with E-state index in [1.54, 1.807) is 36.4 Å². The van der Waals surface area contributed by atoms with Gasteiger partial charge in [-0.05, 0) is 76.0 Å². The Morgan fingerprint density at radius 3 is 2.57 bits per heavy atom. The second-order valence-corrected chi connectivity index (χ2v) is 14.5. The second-order valence-electron chi connectivity index (χ2n) is 14.1. The Morgan fingerprint density at radius 1 is 1.12 bits per heavy atom. The number of hydrogen-bond donors (Lipinski definition) is 1. The van der Waals surface area contributed by atoms with Crippen LogP contribution in [0, 0.1) is 12.7 Å². The van der Waals surface area contributed by atoms with Gasteiger partial charge in [-0.3, -0.25) is 28.8 Å². The molecule has 3 aromatic heterocycles. The molecule has 2 saturated heterocycles. The zero-order valence-electron chi connectivity index (χ0n) is 29.5. The number of pyridine rings is 3. The first-order chi connectivity index (χ1) is 24.3. The van der Waals surface area contributed by atoms with Gasteiger partial charge in [0.05, 0.1) is 39.9 Å². The zero-order chi connectivity index (χ0) is 36.5. The van der Waals surface area contributed by atoms with Gasteiger partial charge in [-0.2, -0.15) is 0 Å². The molecular formula is C38H41ClFN7O4. The molecule has 0 unspecified atom stereocenters. The Balaban J connectivity index is 1.45. The van der Waals surface area contributed by atoms with E-state index in [0.717, 1.165) is 24.9 Å². The van der Waals surface area contributed by atoms with Crippen molar-refractivity contribution in [3.8, 4) is 22.7 Å². The first-order valence-electron chi connectivity index (χ1n) is 17.3. The summed E-state index contributed by atoms with van der Waals surface area (Å²) < 4.78 is 16.8. The number of aromatic hydroxyl groups is 1. The summed E-state index contributed by atoms with van der Waals surface area (Å²) in [6, 6.07) is 6.43. The molecule has 4 aromatic rings. The maximum absolute atomic E-state index is 15.3. The van der Waals surface area contributed by atoms with E-state index in [2.05, 4.69) is 9.88 Å². The molecule has 3 aliphatic rings. The van der Waals surface area contributed by atoms with Crippen molar-refractivity contribution in [3.05, 3.63) is 81.1 Å². The van der Waals surface area contributed by atoms with Crippen LogP contribution < -0.4 is 15.4 Å². The van der Waals surface area contributed by atoms with Crippen LogP contribution in [-0.4, -0.2) is 93.1 Å². The van der Waals surface area contributed by atoms with Crippen molar-refractivity contribution in [2.45, 2.75) is 64.6 Å². The van der Waals surface area contributed by atoms with Gasteiger partial charge in [0.2, 0.25) is 5.91 Å². The molecule has 11 nitrogen and oxygen atoms in total. The average Bonchev–Trinajstić information content (AvgIpc) is 3.50. The molecule has 0 aliphatic carbocycles. The molecular weight excluding hydrogens is 673 g/mol. The van der Waals surface area contributed by atoms with Gasteiger partial charge in [-0.25, -0.2) is 9.37 Å². The third-order valence-corrected chi connectivity index (χ3v) is 10.8. The molecule has 0 spiro atoms. The Kier molecular flexibility index (Phi) is 8.87. The van der Waals surface area contributed by atoms with Gasteiger partial charge < -0.3 is 19.8 Å². The van der Waals surface area contributed by atoms with E-state index >= 15 is 4.39 Å². The number of carbonyl (C=O) groups is 2. The van der Waals surface area contributed by atoms with Crippen LogP contribution >= 0.6 is 11.6 Å². The fourth-order valence-corrected chi connectivity index (χ4v) is 8.05. The summed E-state index contributed by atoms with van der Waals surface area (Å²) in [6.07, 6.45) is 7.30. The van der Waals surface area contributed by atoms with Gasteiger partial charge in [0.25, 0.3) is 11.5 Å². The van der Waals surface area contributed by atoms with Crippen LogP contribution in [0.3, 0.4) is 0 Å². The SMILES string of the molecule is Cc1ccnc(C(C)C)c1-n1c(=O)c2c(c3cc(Cl)c(-c4c(O)cccc4F)nc31)N1C[C@@H](C)N(C(=O)/C=C/[C@@H]3CCCN3C)C[C@@H]1C(=O)N2C. The van der Waals surface area contributed by atoms with Crippen LogP contribution in [0.5, 0.6) is 5.75 Å². The van der Waals surface area contributed by atoms with E-state index in [1.807, 2.05) is 45.7 Å². The Labute approximate surface area is 300 Å². The van der Waals surface area contributed by atoms with E-state index in [9.17, 15) is 19.5 Å². The number of fused-ring (bicyclic) bond motifs is 5. The fourth-order valence-electron chi connectivity index (χ4n) is 7.81. The summed E-state index contributed by atoms with van der Waals surface area (Å²) in [5, 5.41) is 11.3. The largest absolute Gasteiger partial charge is 0.507 e. The average molecular weight is 714 g/mol. The highest BCUT2D eigenvalue weighted by molar-refractivity contribution is 6.34. The molecule has 1 N–H and O–H groups in total. The highest BCUT2D eigenvalue weighted by Crippen LogP contribution is 2.45. The summed E-state index contributed by atoms with van der Waals surface area (Å²) >= 11 is 6.90. The van der Waals surface area contributed by atoms with Crippen molar-refractivity contribution in [1.82, 2.24) is 24.3 Å². The lowest BCUT2D eigenvalue weighted by atomic mass is 9.98. The number of likely N-dealkylation sites (N-methyl/N-ethyl adjacent to an activating group) is 2. The van der Waals surface area contributed by atoms with Crippen molar-refractivity contribution in [2.75, 3.05) is 43.5 Å². The number of likely N-dealkylation sites (tertiary alicyclic amines) is 1. The first-order valence-corrected chi connectivity index (χ1v) is 17.6. The van der Waals surface area contributed by atoms with Crippen LogP contribution in [0.2, 0.25) is 5.02 Å². The number of aryl methyl sites for hydroxylation is 1. The van der Waals surface area contributed by atoms with Gasteiger partial charge in [-0.15, -0.1) is 0 Å². The van der Waals surface area contributed by atoms with E-state index in [1.165, 1.54) is 27.7 Å². The maximum atomic E-state index is 15.3. The number of aromatic nitrogens is 3. The first kappa shape index (κ1) is 34.6. The van der Waals surface area contributed by atoms with Crippen molar-refractivity contribution in [2.24, 2.45) is 0 Å². The standard InChI is InChI=1S/C38H41ClFN7O4/c1-20(2)31-33(21(3)14-15-41-31)47-36-24(17-25(39)32(42-36)30-26(40)10-7-11-28(30)48)34-35(38(47)51)44(6)37(50)27-19-45(22(4)18-46(27)34)29(49)13-12-23-9-8-16-43(23)5/h7,10-15,17,20,22-23,27,48H,8-9,16,18-19H2,1-6H3/b13-12+/t22-,23+,27-/m1/s1. The minimum atomic E-state index is -0.788. The van der Waals surface area contributed by atoms with E-state index in [4.69, 9.17) is 16.6 Å². The minimum Gasteiger partial charge on any atom is -0.507 e. The van der Waals surface area contributed by atoms with Crippen LogP contribution in [-0.2, 0) is 9.59 Å². The van der Waals surface area contributed by atoms with Gasteiger partial charge in [0, 0.05) is 43.3 Å². The lowest BCUT2D eigenvalue weighted by Crippen LogP contribution is -2.66. The fraction of sp³-hybridized carbons (Fsp3) is 0.395. The van der Waals surface area contributed by atoms with E-state index in [-0.39, 0.29) is 76.3 Å². The maximum Gasteiger partial charge on any atom is 0.283 e. The molecule has 7 rings (SSSR count). The Hall–Kier alpha value is -4.81. The third-order valence-electron chi connectivity index (χ3n) is 10.5. The number of hydrogen-bond acceptors (Lipinski definition) is 8. The molecule has 0 bridgehead atoms. The molecule has 0 saturated carbocycles. The summed E-state index contributed by atoms with van der Waals surface area (Å²) in [5.74, 6) is -1.68. The van der Waals surface area contributed by atoms with E-state index in [0.29, 0.717) is 22.5 Å². The Morgan fingerprint density at radius 2 is 1.88 bits per heavy atom. The number of phenolic OH excluding ortho intramolecular Hbond substituents is 1. The van der Waals surface area contributed by atoms with Gasteiger partial charge in [0.1, 0.15) is 23.3 Å². The van der Waals surface area contributed by atoms with Gasteiger partial charge in [0.15, 0.2) is 5.65 Å². The highest BCUT2D eigenvalue weighted by Gasteiger charge is 2.46. The number of nitrogens with zero attached hydrogens (tertiary/aromatic N) is 7. The number of halogens is 2. The van der Waals surface area contributed by atoms with Gasteiger partial charge in [-0.1, -0.05) is 37.6 Å². The monoisotopic (exact) mass is 713 g/mol. The quantitative estimate of drug-likeness (QED) is 0.273. The Bertz CT molecular complexity index is 2170.